The molecule has 100 valence electrons. The molecular weight excluding hydrogens is 208 g/mol. The molecule has 2 fully saturated rings. The van der Waals surface area contributed by atoms with Crippen molar-refractivity contribution in [3.8, 4) is 0 Å². The van der Waals surface area contributed by atoms with E-state index in [-0.39, 0.29) is 5.54 Å². The Bertz CT molecular complexity index is 245. The number of rotatable bonds is 2. The molecule has 2 rings (SSSR count). The highest BCUT2D eigenvalue weighted by Crippen LogP contribution is 2.32. The molecule has 0 aromatic heterocycles. The average molecular weight is 238 g/mol. The number of nitrogens with zero attached hydrogens (tertiary/aromatic N) is 1. The Hall–Kier alpha value is -0.0800. The molecule has 1 heterocycles. The van der Waals surface area contributed by atoms with Crippen LogP contribution in [0.4, 0.5) is 0 Å². The van der Waals surface area contributed by atoms with Crippen LogP contribution in [0, 0.1) is 11.8 Å². The first-order valence-corrected chi connectivity index (χ1v) is 7.53. The molecule has 0 bridgehead atoms. The topological polar surface area (TPSA) is 29.3 Å². The van der Waals surface area contributed by atoms with Crippen molar-refractivity contribution in [3.63, 3.8) is 0 Å². The summed E-state index contributed by atoms with van der Waals surface area (Å²) in [5.41, 5.74) is 6.72. The van der Waals surface area contributed by atoms with Crippen LogP contribution in [0.3, 0.4) is 0 Å². The fraction of sp³-hybridized carbons (Fsp3) is 1.00. The van der Waals surface area contributed by atoms with Crippen molar-refractivity contribution in [2.24, 2.45) is 17.6 Å². The van der Waals surface area contributed by atoms with Crippen molar-refractivity contribution >= 4 is 0 Å². The number of piperidine rings is 1. The zero-order valence-electron chi connectivity index (χ0n) is 11.9. The summed E-state index contributed by atoms with van der Waals surface area (Å²) in [4.78, 5) is 2.67. The summed E-state index contributed by atoms with van der Waals surface area (Å²) in [6.45, 7) is 9.56. The predicted molar refractivity (Wildman–Crippen MR) is 74.0 cm³/mol. The van der Waals surface area contributed by atoms with Gasteiger partial charge in [0.1, 0.15) is 0 Å². The van der Waals surface area contributed by atoms with E-state index in [0.717, 1.165) is 18.4 Å². The first kappa shape index (κ1) is 13.4. The lowest BCUT2D eigenvalue weighted by Gasteiger charge is -2.46. The minimum atomic E-state index is 0.114. The quantitative estimate of drug-likeness (QED) is 0.801. The van der Waals surface area contributed by atoms with E-state index >= 15 is 0 Å². The molecule has 1 saturated heterocycles. The lowest BCUT2D eigenvalue weighted by atomic mass is 9.79. The van der Waals surface area contributed by atoms with Crippen molar-refractivity contribution in [1.82, 2.24) is 4.90 Å². The molecule has 1 aliphatic heterocycles. The second-order valence-corrected chi connectivity index (χ2v) is 6.91. The van der Waals surface area contributed by atoms with Crippen molar-refractivity contribution in [1.29, 1.82) is 0 Å². The SMILES string of the molecule is CC1CC(C)C(C)N(CC2(N)CCCCC2)C1. The third-order valence-electron chi connectivity index (χ3n) is 5.09. The highest BCUT2D eigenvalue weighted by atomic mass is 15.2. The highest BCUT2D eigenvalue weighted by molar-refractivity contribution is 4.93. The van der Waals surface area contributed by atoms with E-state index in [4.69, 9.17) is 5.73 Å². The highest BCUT2D eigenvalue weighted by Gasteiger charge is 2.35. The Morgan fingerprint density at radius 1 is 1.12 bits per heavy atom. The van der Waals surface area contributed by atoms with E-state index < -0.39 is 0 Å². The fourth-order valence-electron chi connectivity index (χ4n) is 3.86. The zero-order valence-corrected chi connectivity index (χ0v) is 11.9. The lowest BCUT2D eigenvalue weighted by Crippen LogP contribution is -2.56. The van der Waals surface area contributed by atoms with Gasteiger partial charge in [-0.3, -0.25) is 4.90 Å². The first-order valence-electron chi connectivity index (χ1n) is 7.53. The second kappa shape index (κ2) is 5.27. The van der Waals surface area contributed by atoms with Crippen LogP contribution in [0.25, 0.3) is 0 Å². The van der Waals surface area contributed by atoms with E-state index in [2.05, 4.69) is 25.7 Å². The van der Waals surface area contributed by atoms with Crippen LogP contribution < -0.4 is 5.73 Å². The molecule has 3 unspecified atom stereocenters. The molecular formula is C15H30N2. The summed E-state index contributed by atoms with van der Waals surface area (Å²) < 4.78 is 0. The summed E-state index contributed by atoms with van der Waals surface area (Å²) in [6, 6.07) is 0.716. The molecule has 2 heteroatoms. The summed E-state index contributed by atoms with van der Waals surface area (Å²) in [7, 11) is 0. The van der Waals surface area contributed by atoms with Gasteiger partial charge in [-0.1, -0.05) is 33.1 Å². The summed E-state index contributed by atoms with van der Waals surface area (Å²) in [5, 5.41) is 0. The van der Waals surface area contributed by atoms with Gasteiger partial charge in [-0.25, -0.2) is 0 Å². The van der Waals surface area contributed by atoms with E-state index in [9.17, 15) is 0 Å². The van der Waals surface area contributed by atoms with Gasteiger partial charge in [-0.2, -0.15) is 0 Å². The van der Waals surface area contributed by atoms with Crippen LogP contribution in [-0.2, 0) is 0 Å². The van der Waals surface area contributed by atoms with Gasteiger partial charge in [0.25, 0.3) is 0 Å². The van der Waals surface area contributed by atoms with Gasteiger partial charge in [0, 0.05) is 24.7 Å². The summed E-state index contributed by atoms with van der Waals surface area (Å²) >= 11 is 0. The van der Waals surface area contributed by atoms with Crippen molar-refractivity contribution in [2.75, 3.05) is 13.1 Å². The Morgan fingerprint density at radius 2 is 1.76 bits per heavy atom. The van der Waals surface area contributed by atoms with E-state index in [0.29, 0.717) is 6.04 Å². The maximum atomic E-state index is 6.60. The number of hydrogen-bond donors (Lipinski definition) is 1. The van der Waals surface area contributed by atoms with Crippen LogP contribution in [0.5, 0.6) is 0 Å². The van der Waals surface area contributed by atoms with Gasteiger partial charge in [-0.05, 0) is 38.0 Å². The number of hydrogen-bond acceptors (Lipinski definition) is 2. The van der Waals surface area contributed by atoms with Crippen LogP contribution >= 0.6 is 0 Å². The molecule has 0 amide bonds. The summed E-state index contributed by atoms with van der Waals surface area (Å²) in [6.07, 6.45) is 7.92. The van der Waals surface area contributed by atoms with E-state index in [1.807, 2.05) is 0 Å². The molecule has 1 saturated carbocycles. The maximum absolute atomic E-state index is 6.60. The standard InChI is InChI=1S/C15H30N2/c1-12-9-13(2)14(3)17(10-12)11-15(16)7-5-4-6-8-15/h12-14H,4-11,16H2,1-3H3. The van der Waals surface area contributed by atoms with Crippen molar-refractivity contribution < 1.29 is 0 Å². The largest absolute Gasteiger partial charge is 0.324 e. The van der Waals surface area contributed by atoms with Gasteiger partial charge in [0.05, 0.1) is 0 Å². The lowest BCUT2D eigenvalue weighted by molar-refractivity contribution is 0.0497. The maximum Gasteiger partial charge on any atom is 0.0283 e. The third kappa shape index (κ3) is 3.23. The van der Waals surface area contributed by atoms with Crippen molar-refractivity contribution in [2.45, 2.75) is 70.9 Å². The Balaban J connectivity index is 1.96. The predicted octanol–water partition coefficient (Wildman–Crippen LogP) is 3.01. The minimum Gasteiger partial charge on any atom is -0.324 e. The van der Waals surface area contributed by atoms with E-state index in [1.165, 1.54) is 45.1 Å². The van der Waals surface area contributed by atoms with Crippen LogP contribution in [-0.4, -0.2) is 29.6 Å². The summed E-state index contributed by atoms with van der Waals surface area (Å²) in [5.74, 6) is 1.67. The smallest absolute Gasteiger partial charge is 0.0283 e. The molecule has 3 atom stereocenters. The fourth-order valence-corrected chi connectivity index (χ4v) is 3.86. The monoisotopic (exact) mass is 238 g/mol. The molecule has 2 nitrogen and oxygen atoms in total. The minimum absolute atomic E-state index is 0.114. The first-order chi connectivity index (χ1) is 8.00. The Labute approximate surface area is 107 Å². The third-order valence-corrected chi connectivity index (χ3v) is 5.09. The molecule has 2 N–H and O–H groups in total. The Morgan fingerprint density at radius 3 is 2.41 bits per heavy atom. The van der Waals surface area contributed by atoms with Gasteiger partial charge in [0.2, 0.25) is 0 Å². The van der Waals surface area contributed by atoms with E-state index in [1.54, 1.807) is 0 Å². The molecule has 17 heavy (non-hydrogen) atoms. The second-order valence-electron chi connectivity index (χ2n) is 6.91. The molecule has 0 spiro atoms. The molecule has 1 aliphatic carbocycles. The molecule has 0 radical (unpaired) electrons. The van der Waals surface area contributed by atoms with Gasteiger partial charge < -0.3 is 5.73 Å². The van der Waals surface area contributed by atoms with Gasteiger partial charge in [0.15, 0.2) is 0 Å². The molecule has 0 aromatic carbocycles. The van der Waals surface area contributed by atoms with Gasteiger partial charge >= 0.3 is 0 Å². The van der Waals surface area contributed by atoms with Crippen molar-refractivity contribution in [3.05, 3.63) is 0 Å². The molecule has 0 aromatic rings. The van der Waals surface area contributed by atoms with Crippen LogP contribution in [0.2, 0.25) is 0 Å². The zero-order chi connectivity index (χ0) is 12.5. The normalized spacial score (nSPS) is 39.2. The van der Waals surface area contributed by atoms with Crippen LogP contribution in [0.1, 0.15) is 59.3 Å². The van der Waals surface area contributed by atoms with Crippen LogP contribution in [0.15, 0.2) is 0 Å². The van der Waals surface area contributed by atoms with Gasteiger partial charge in [-0.15, -0.1) is 0 Å². The average Bonchev–Trinajstić information content (AvgIpc) is 2.26. The Kier molecular flexibility index (Phi) is 4.14. The number of likely N-dealkylation sites (tertiary alicyclic amines) is 1. The number of nitrogens with two attached hydrogens (primary N) is 1. The molecule has 2 aliphatic rings.